The highest BCUT2D eigenvalue weighted by atomic mass is 15.3. The van der Waals surface area contributed by atoms with Gasteiger partial charge in [0.1, 0.15) is 0 Å². The van der Waals surface area contributed by atoms with Crippen LogP contribution in [0.4, 0.5) is 0 Å². The summed E-state index contributed by atoms with van der Waals surface area (Å²) in [7, 11) is 0. The summed E-state index contributed by atoms with van der Waals surface area (Å²) in [5.74, 6) is 0.717. The molecule has 100 valence electrons. The predicted octanol–water partition coefficient (Wildman–Crippen LogP) is 4.47. The van der Waals surface area contributed by atoms with Gasteiger partial charge in [0.05, 0.1) is 11.4 Å². The monoisotopic (exact) mass is 262 g/mol. The molecule has 1 aliphatic carbocycles. The fraction of sp³-hybridized carbons (Fsp3) is 0.278. The van der Waals surface area contributed by atoms with Gasteiger partial charge in [0, 0.05) is 11.6 Å². The standard InChI is InChI=1S/C18H18N2/c1-2-16-12-18(14-7-8-14)20(19-16)17-10-9-13-5-3-4-6-15(13)11-17/h3-6,9-12,14H,2,7-8H2,1H3. The summed E-state index contributed by atoms with van der Waals surface area (Å²) in [5.41, 5.74) is 3.77. The molecule has 4 rings (SSSR count). The van der Waals surface area contributed by atoms with Gasteiger partial charge in [-0.1, -0.05) is 37.3 Å². The Kier molecular flexibility index (Phi) is 2.62. The van der Waals surface area contributed by atoms with E-state index in [0.29, 0.717) is 5.92 Å². The van der Waals surface area contributed by atoms with Crippen molar-refractivity contribution < 1.29 is 0 Å². The molecular formula is C18H18N2. The minimum atomic E-state index is 0.717. The van der Waals surface area contributed by atoms with Crippen LogP contribution in [0.15, 0.2) is 48.5 Å². The van der Waals surface area contributed by atoms with Gasteiger partial charge in [-0.2, -0.15) is 5.10 Å². The SMILES string of the molecule is CCc1cc(C2CC2)n(-c2ccc3ccccc3c2)n1. The first-order valence-corrected chi connectivity index (χ1v) is 7.43. The summed E-state index contributed by atoms with van der Waals surface area (Å²) in [4.78, 5) is 0. The Morgan fingerprint density at radius 1 is 1.05 bits per heavy atom. The van der Waals surface area contributed by atoms with Gasteiger partial charge >= 0.3 is 0 Å². The first-order chi connectivity index (χ1) is 9.85. The Hall–Kier alpha value is -2.09. The lowest BCUT2D eigenvalue weighted by atomic mass is 10.1. The van der Waals surface area contributed by atoms with Gasteiger partial charge < -0.3 is 0 Å². The van der Waals surface area contributed by atoms with E-state index in [0.717, 1.165) is 6.42 Å². The normalized spacial score (nSPS) is 14.8. The molecule has 0 unspecified atom stereocenters. The Labute approximate surface area is 119 Å². The molecule has 0 radical (unpaired) electrons. The van der Waals surface area contributed by atoms with Crippen LogP contribution in [0.3, 0.4) is 0 Å². The summed E-state index contributed by atoms with van der Waals surface area (Å²) < 4.78 is 2.16. The third kappa shape index (κ3) is 1.92. The third-order valence-corrected chi connectivity index (χ3v) is 4.12. The van der Waals surface area contributed by atoms with Crippen LogP contribution >= 0.6 is 0 Å². The average molecular weight is 262 g/mol. The van der Waals surface area contributed by atoms with Crippen molar-refractivity contribution >= 4 is 10.8 Å². The van der Waals surface area contributed by atoms with Gasteiger partial charge in [-0.15, -0.1) is 0 Å². The molecule has 0 spiro atoms. The summed E-state index contributed by atoms with van der Waals surface area (Å²) in [6.07, 6.45) is 3.62. The first kappa shape index (κ1) is 11.7. The second-order valence-corrected chi connectivity index (χ2v) is 5.63. The Balaban J connectivity index is 1.87. The molecule has 1 aromatic heterocycles. The lowest BCUT2D eigenvalue weighted by Gasteiger charge is -2.08. The second-order valence-electron chi connectivity index (χ2n) is 5.63. The quantitative estimate of drug-likeness (QED) is 0.681. The molecule has 0 saturated heterocycles. The molecule has 2 nitrogen and oxygen atoms in total. The van der Waals surface area contributed by atoms with E-state index in [1.807, 2.05) is 0 Å². The zero-order chi connectivity index (χ0) is 13.5. The number of aromatic nitrogens is 2. The fourth-order valence-corrected chi connectivity index (χ4v) is 2.80. The van der Waals surface area contributed by atoms with Crippen LogP contribution in [0, 0.1) is 0 Å². The lowest BCUT2D eigenvalue weighted by Crippen LogP contribution is -2.01. The summed E-state index contributed by atoms with van der Waals surface area (Å²) in [5, 5.41) is 7.35. The van der Waals surface area contributed by atoms with Gasteiger partial charge in [0.25, 0.3) is 0 Å². The molecule has 0 N–H and O–H groups in total. The summed E-state index contributed by atoms with van der Waals surface area (Å²) in [6, 6.07) is 17.4. The van der Waals surface area contributed by atoms with Crippen LogP contribution in [0.5, 0.6) is 0 Å². The van der Waals surface area contributed by atoms with Gasteiger partial charge in [0.15, 0.2) is 0 Å². The van der Waals surface area contributed by atoms with Crippen LogP contribution in [0.1, 0.15) is 37.1 Å². The molecule has 1 heterocycles. The molecule has 20 heavy (non-hydrogen) atoms. The van der Waals surface area contributed by atoms with Crippen molar-refractivity contribution in [2.45, 2.75) is 32.1 Å². The third-order valence-electron chi connectivity index (χ3n) is 4.12. The van der Waals surface area contributed by atoms with E-state index in [1.54, 1.807) is 0 Å². The molecular weight excluding hydrogens is 244 g/mol. The maximum atomic E-state index is 4.78. The molecule has 0 bridgehead atoms. The number of hydrogen-bond donors (Lipinski definition) is 0. The molecule has 3 aromatic rings. The van der Waals surface area contributed by atoms with Crippen LogP contribution < -0.4 is 0 Å². The molecule has 0 atom stereocenters. The van der Waals surface area contributed by atoms with Gasteiger partial charge in [-0.05, 0) is 48.2 Å². The molecule has 1 fully saturated rings. The zero-order valence-electron chi connectivity index (χ0n) is 11.7. The lowest BCUT2D eigenvalue weighted by molar-refractivity contribution is 0.790. The Bertz CT molecular complexity index is 766. The minimum Gasteiger partial charge on any atom is -0.237 e. The first-order valence-electron chi connectivity index (χ1n) is 7.43. The number of nitrogens with zero attached hydrogens (tertiary/aromatic N) is 2. The largest absolute Gasteiger partial charge is 0.237 e. The van der Waals surface area contributed by atoms with E-state index in [9.17, 15) is 0 Å². The molecule has 2 heteroatoms. The van der Waals surface area contributed by atoms with Crippen LogP contribution in [0.25, 0.3) is 16.5 Å². The van der Waals surface area contributed by atoms with E-state index in [2.05, 4.69) is 60.1 Å². The van der Waals surface area contributed by atoms with E-state index in [-0.39, 0.29) is 0 Å². The molecule has 2 aromatic carbocycles. The van der Waals surface area contributed by atoms with Crippen molar-refractivity contribution in [2.24, 2.45) is 0 Å². The maximum absolute atomic E-state index is 4.78. The van der Waals surface area contributed by atoms with Crippen LogP contribution in [-0.4, -0.2) is 9.78 Å². The smallest absolute Gasteiger partial charge is 0.0655 e. The van der Waals surface area contributed by atoms with Crippen molar-refractivity contribution in [3.8, 4) is 5.69 Å². The Morgan fingerprint density at radius 2 is 1.85 bits per heavy atom. The minimum absolute atomic E-state index is 0.717. The van der Waals surface area contributed by atoms with Gasteiger partial charge in [-0.3, -0.25) is 0 Å². The number of rotatable bonds is 3. The van der Waals surface area contributed by atoms with Crippen molar-refractivity contribution in [2.75, 3.05) is 0 Å². The molecule has 0 amide bonds. The van der Waals surface area contributed by atoms with Crippen molar-refractivity contribution in [1.82, 2.24) is 9.78 Å². The second kappa shape index (κ2) is 4.48. The molecule has 0 aliphatic heterocycles. The maximum Gasteiger partial charge on any atom is 0.0655 e. The highest BCUT2D eigenvalue weighted by molar-refractivity contribution is 5.84. The van der Waals surface area contributed by atoms with E-state index in [4.69, 9.17) is 5.10 Å². The zero-order valence-corrected chi connectivity index (χ0v) is 11.7. The van der Waals surface area contributed by atoms with Crippen LogP contribution in [0.2, 0.25) is 0 Å². The topological polar surface area (TPSA) is 17.8 Å². The van der Waals surface area contributed by atoms with Crippen molar-refractivity contribution in [3.05, 3.63) is 59.9 Å². The number of benzene rings is 2. The fourth-order valence-electron chi connectivity index (χ4n) is 2.80. The predicted molar refractivity (Wildman–Crippen MR) is 82.4 cm³/mol. The highest BCUT2D eigenvalue weighted by Crippen LogP contribution is 2.41. The summed E-state index contributed by atoms with van der Waals surface area (Å²) >= 11 is 0. The number of hydrogen-bond acceptors (Lipinski definition) is 1. The van der Waals surface area contributed by atoms with Crippen LogP contribution in [-0.2, 0) is 6.42 Å². The highest BCUT2D eigenvalue weighted by Gasteiger charge is 2.28. The summed E-state index contributed by atoms with van der Waals surface area (Å²) in [6.45, 7) is 2.17. The van der Waals surface area contributed by atoms with Crippen molar-refractivity contribution in [3.63, 3.8) is 0 Å². The van der Waals surface area contributed by atoms with Crippen molar-refractivity contribution in [1.29, 1.82) is 0 Å². The average Bonchev–Trinajstić information content (AvgIpc) is 3.26. The number of aryl methyl sites for hydroxylation is 1. The molecule has 1 saturated carbocycles. The van der Waals surface area contributed by atoms with E-state index < -0.39 is 0 Å². The van der Waals surface area contributed by atoms with Gasteiger partial charge in [-0.25, -0.2) is 4.68 Å². The number of fused-ring (bicyclic) bond motifs is 1. The molecule has 1 aliphatic rings. The van der Waals surface area contributed by atoms with E-state index >= 15 is 0 Å². The Morgan fingerprint density at radius 3 is 2.60 bits per heavy atom. The van der Waals surface area contributed by atoms with E-state index in [1.165, 1.54) is 40.7 Å². The van der Waals surface area contributed by atoms with Gasteiger partial charge in [0.2, 0.25) is 0 Å².